The van der Waals surface area contributed by atoms with Crippen LogP contribution in [0.4, 0.5) is 10.1 Å². The van der Waals surface area contributed by atoms with Crippen molar-refractivity contribution in [1.29, 1.82) is 0 Å². The van der Waals surface area contributed by atoms with Gasteiger partial charge in [-0.3, -0.25) is 10.1 Å². The van der Waals surface area contributed by atoms with Crippen LogP contribution in [0.5, 0.6) is 11.5 Å². The van der Waals surface area contributed by atoms with E-state index in [1.54, 1.807) is 43.3 Å². The number of pyridine rings is 1. The Labute approximate surface area is 175 Å². The van der Waals surface area contributed by atoms with E-state index in [1.165, 1.54) is 24.3 Å². The van der Waals surface area contributed by atoms with E-state index in [-0.39, 0.29) is 22.4 Å². The van der Waals surface area contributed by atoms with E-state index in [0.717, 1.165) is 6.07 Å². The molecule has 8 heteroatoms. The number of carboxylic acids is 1. The maximum Gasteiger partial charge on any atom is 0.336 e. The number of aromatic carboxylic acids is 1. The number of rotatable bonds is 5. The van der Waals surface area contributed by atoms with Crippen LogP contribution in [0.25, 0.3) is 22.2 Å². The lowest BCUT2D eigenvalue weighted by atomic mass is 9.97. The number of nitrogens with zero attached hydrogens (tertiary/aromatic N) is 2. The summed E-state index contributed by atoms with van der Waals surface area (Å²) in [6.07, 6.45) is 0. The summed E-state index contributed by atoms with van der Waals surface area (Å²) in [6.45, 7) is 1.62. The van der Waals surface area contributed by atoms with Gasteiger partial charge in [-0.25, -0.2) is 14.2 Å². The fraction of sp³-hybridized carbons (Fsp3) is 0.0435. The lowest BCUT2D eigenvalue weighted by Crippen LogP contribution is -2.05. The van der Waals surface area contributed by atoms with Crippen molar-refractivity contribution in [1.82, 2.24) is 4.98 Å². The fourth-order valence-electron chi connectivity index (χ4n) is 3.39. The van der Waals surface area contributed by atoms with Crippen LogP contribution < -0.4 is 4.74 Å². The average molecular weight is 418 g/mol. The zero-order valence-electron chi connectivity index (χ0n) is 16.2. The molecule has 0 fully saturated rings. The van der Waals surface area contributed by atoms with Crippen LogP contribution in [0, 0.1) is 22.9 Å². The van der Waals surface area contributed by atoms with Gasteiger partial charge in [0.05, 0.1) is 21.7 Å². The quantitative estimate of drug-likeness (QED) is 0.327. The lowest BCUT2D eigenvalue weighted by Gasteiger charge is -2.13. The molecule has 4 rings (SSSR count). The molecular weight excluding hydrogens is 403 g/mol. The van der Waals surface area contributed by atoms with Crippen molar-refractivity contribution in [3.8, 4) is 22.8 Å². The number of fused-ring (bicyclic) bond motifs is 1. The number of halogens is 1. The number of para-hydroxylation sites is 2. The molecule has 0 amide bonds. The molecule has 1 aromatic heterocycles. The molecule has 1 heterocycles. The highest BCUT2D eigenvalue weighted by atomic mass is 19.1. The predicted octanol–water partition coefficient (Wildman–Crippen LogP) is 5.75. The zero-order chi connectivity index (χ0) is 22.1. The summed E-state index contributed by atoms with van der Waals surface area (Å²) < 4.78 is 19.3. The Kier molecular flexibility index (Phi) is 5.04. The number of nitro groups is 1. The van der Waals surface area contributed by atoms with Crippen molar-refractivity contribution < 1.29 is 24.0 Å². The largest absolute Gasteiger partial charge is 0.478 e. The van der Waals surface area contributed by atoms with Crippen molar-refractivity contribution in [3.63, 3.8) is 0 Å². The molecule has 1 N–H and O–H groups in total. The molecule has 31 heavy (non-hydrogen) atoms. The van der Waals surface area contributed by atoms with Crippen LogP contribution in [-0.4, -0.2) is 21.0 Å². The minimum atomic E-state index is -1.17. The highest BCUT2D eigenvalue weighted by molar-refractivity contribution is 6.05. The summed E-state index contributed by atoms with van der Waals surface area (Å²) in [5.41, 5.74) is 1.66. The van der Waals surface area contributed by atoms with Gasteiger partial charge in [-0.15, -0.1) is 0 Å². The highest BCUT2D eigenvalue weighted by Crippen LogP contribution is 2.34. The Morgan fingerprint density at radius 3 is 2.48 bits per heavy atom. The minimum absolute atomic E-state index is 0.0141. The summed E-state index contributed by atoms with van der Waals surface area (Å²) in [7, 11) is 0. The third kappa shape index (κ3) is 3.78. The number of benzene rings is 3. The van der Waals surface area contributed by atoms with E-state index < -0.39 is 16.7 Å². The SMILES string of the molecule is Cc1c(-c2ccc(Oc3ccccc3[N+](=O)[O-])cc2)nc2ccc(F)cc2c1C(=O)O. The monoisotopic (exact) mass is 418 g/mol. The van der Waals surface area contributed by atoms with Gasteiger partial charge in [-0.1, -0.05) is 12.1 Å². The summed E-state index contributed by atoms with van der Waals surface area (Å²) in [6, 6.07) is 16.4. The molecule has 0 radical (unpaired) electrons. The van der Waals surface area contributed by atoms with Gasteiger partial charge in [0.2, 0.25) is 5.75 Å². The highest BCUT2D eigenvalue weighted by Gasteiger charge is 2.19. The standard InChI is InChI=1S/C23H15FN2O5/c1-13-21(23(27)28)17-12-15(24)8-11-18(17)25-22(13)14-6-9-16(10-7-14)31-20-5-3-2-4-19(20)26(29)30/h2-12H,1H3,(H,27,28). The molecule has 0 aliphatic heterocycles. The smallest absolute Gasteiger partial charge is 0.336 e. The van der Waals surface area contributed by atoms with Crippen LogP contribution in [0.1, 0.15) is 15.9 Å². The fourth-order valence-corrected chi connectivity index (χ4v) is 3.39. The third-order valence-electron chi connectivity index (χ3n) is 4.82. The van der Waals surface area contributed by atoms with Crippen LogP contribution in [0.2, 0.25) is 0 Å². The molecule has 7 nitrogen and oxygen atoms in total. The second-order valence-corrected chi connectivity index (χ2v) is 6.78. The molecule has 0 unspecified atom stereocenters. The van der Waals surface area contributed by atoms with E-state index in [9.17, 15) is 24.4 Å². The van der Waals surface area contributed by atoms with Gasteiger partial charge in [0.15, 0.2) is 0 Å². The Bertz CT molecular complexity index is 1340. The van der Waals surface area contributed by atoms with E-state index in [1.807, 2.05) is 0 Å². The number of carboxylic acid groups (broad SMARTS) is 1. The van der Waals surface area contributed by atoms with Crippen molar-refractivity contribution >= 4 is 22.6 Å². The molecule has 0 spiro atoms. The zero-order valence-corrected chi connectivity index (χ0v) is 16.2. The van der Waals surface area contributed by atoms with E-state index in [2.05, 4.69) is 4.98 Å². The summed E-state index contributed by atoms with van der Waals surface area (Å²) in [4.78, 5) is 27.0. The van der Waals surface area contributed by atoms with Crippen molar-refractivity contribution in [3.05, 3.63) is 93.8 Å². The van der Waals surface area contributed by atoms with Gasteiger partial charge in [-0.05, 0) is 61.0 Å². The van der Waals surface area contributed by atoms with Gasteiger partial charge in [0.25, 0.3) is 0 Å². The molecule has 0 aliphatic carbocycles. The van der Waals surface area contributed by atoms with Crippen LogP contribution in [0.15, 0.2) is 66.7 Å². The van der Waals surface area contributed by atoms with Crippen molar-refractivity contribution in [2.45, 2.75) is 6.92 Å². The molecule has 154 valence electrons. The van der Waals surface area contributed by atoms with E-state index in [0.29, 0.717) is 28.1 Å². The van der Waals surface area contributed by atoms with Gasteiger partial charge in [0.1, 0.15) is 11.6 Å². The molecule has 3 aromatic carbocycles. The maximum absolute atomic E-state index is 13.7. The second kappa shape index (κ2) is 7.83. The first kappa shape index (κ1) is 20.0. The minimum Gasteiger partial charge on any atom is -0.478 e. The third-order valence-corrected chi connectivity index (χ3v) is 4.82. The Balaban J connectivity index is 1.75. The van der Waals surface area contributed by atoms with E-state index in [4.69, 9.17) is 4.74 Å². The van der Waals surface area contributed by atoms with Gasteiger partial charge >= 0.3 is 11.7 Å². The molecule has 0 saturated heterocycles. The Morgan fingerprint density at radius 1 is 1.10 bits per heavy atom. The van der Waals surface area contributed by atoms with Gasteiger partial charge < -0.3 is 9.84 Å². The molecule has 0 saturated carbocycles. The van der Waals surface area contributed by atoms with Crippen molar-refractivity contribution in [2.24, 2.45) is 0 Å². The normalized spacial score (nSPS) is 10.8. The number of nitro benzene ring substituents is 1. The molecule has 0 bridgehead atoms. The summed E-state index contributed by atoms with van der Waals surface area (Å²) in [5, 5.41) is 21.1. The predicted molar refractivity (Wildman–Crippen MR) is 112 cm³/mol. The number of hydrogen-bond donors (Lipinski definition) is 1. The summed E-state index contributed by atoms with van der Waals surface area (Å²) in [5.74, 6) is -1.24. The number of hydrogen-bond acceptors (Lipinski definition) is 5. The van der Waals surface area contributed by atoms with Gasteiger partial charge in [0, 0.05) is 17.0 Å². The molecule has 0 atom stereocenters. The van der Waals surface area contributed by atoms with Gasteiger partial charge in [-0.2, -0.15) is 0 Å². The average Bonchev–Trinajstić information content (AvgIpc) is 2.74. The Morgan fingerprint density at radius 2 is 1.81 bits per heavy atom. The number of ether oxygens (including phenoxy) is 1. The number of aromatic nitrogens is 1. The van der Waals surface area contributed by atoms with Crippen LogP contribution >= 0.6 is 0 Å². The van der Waals surface area contributed by atoms with Crippen LogP contribution in [0.3, 0.4) is 0 Å². The first-order valence-corrected chi connectivity index (χ1v) is 9.20. The first-order valence-electron chi connectivity index (χ1n) is 9.20. The van der Waals surface area contributed by atoms with E-state index >= 15 is 0 Å². The first-order chi connectivity index (χ1) is 14.8. The second-order valence-electron chi connectivity index (χ2n) is 6.78. The molecular formula is C23H15FN2O5. The van der Waals surface area contributed by atoms with Crippen molar-refractivity contribution in [2.75, 3.05) is 0 Å². The van der Waals surface area contributed by atoms with Crippen LogP contribution in [-0.2, 0) is 0 Å². The lowest BCUT2D eigenvalue weighted by molar-refractivity contribution is -0.385. The molecule has 4 aromatic rings. The maximum atomic E-state index is 13.7. The Hall–Kier alpha value is -4.33. The topological polar surface area (TPSA) is 103 Å². The molecule has 0 aliphatic rings. The number of carbonyl (C=O) groups is 1. The summed E-state index contributed by atoms with van der Waals surface area (Å²) >= 11 is 0.